The normalized spacial score (nSPS) is 18.5. The van der Waals surface area contributed by atoms with Crippen LogP contribution in [0.1, 0.15) is 29.1 Å². The lowest BCUT2D eigenvalue weighted by Crippen LogP contribution is -2.33. The molecule has 2 aromatic heterocycles. The number of aromatic nitrogens is 1. The van der Waals surface area contributed by atoms with Gasteiger partial charge in [0.2, 0.25) is 0 Å². The molecule has 2 nitrogen and oxygen atoms in total. The summed E-state index contributed by atoms with van der Waals surface area (Å²) in [6, 6.07) is 6.44. The average Bonchev–Trinajstić information content (AvgIpc) is 2.89. The second kappa shape index (κ2) is 5.31. The van der Waals surface area contributed by atoms with Gasteiger partial charge in [-0.3, -0.25) is 0 Å². The van der Waals surface area contributed by atoms with Crippen LogP contribution in [0, 0.1) is 0 Å². The molecule has 0 aromatic carbocycles. The first-order valence-electron chi connectivity index (χ1n) is 6.25. The van der Waals surface area contributed by atoms with E-state index in [4.69, 9.17) is 23.2 Å². The lowest BCUT2D eigenvalue weighted by atomic mass is 10.0. The van der Waals surface area contributed by atoms with Crippen LogP contribution in [0.3, 0.4) is 0 Å². The third-order valence-electron chi connectivity index (χ3n) is 3.60. The van der Waals surface area contributed by atoms with Crippen LogP contribution in [-0.2, 0) is 12.3 Å². The van der Waals surface area contributed by atoms with Gasteiger partial charge in [-0.2, -0.15) is 0 Å². The van der Waals surface area contributed by atoms with Gasteiger partial charge in [-0.1, -0.05) is 11.6 Å². The first-order chi connectivity index (χ1) is 9.20. The lowest BCUT2D eigenvalue weighted by Gasteiger charge is -2.34. The Hall–Kier alpha value is -0.770. The number of hydrogen-bond donors (Lipinski definition) is 0. The van der Waals surface area contributed by atoms with Gasteiger partial charge in [0.05, 0.1) is 22.6 Å². The van der Waals surface area contributed by atoms with Gasteiger partial charge < -0.3 is 4.90 Å². The molecule has 19 heavy (non-hydrogen) atoms. The minimum absolute atomic E-state index is 0.346. The van der Waals surface area contributed by atoms with Crippen LogP contribution >= 0.6 is 34.5 Å². The van der Waals surface area contributed by atoms with Crippen molar-refractivity contribution in [1.82, 2.24) is 4.98 Å². The number of fused-ring (bicyclic) bond motifs is 1. The zero-order valence-corrected chi connectivity index (χ0v) is 12.9. The molecule has 3 heterocycles. The van der Waals surface area contributed by atoms with E-state index in [1.165, 1.54) is 10.4 Å². The van der Waals surface area contributed by atoms with Gasteiger partial charge in [0, 0.05) is 11.4 Å². The van der Waals surface area contributed by atoms with Gasteiger partial charge >= 0.3 is 0 Å². The van der Waals surface area contributed by atoms with Crippen LogP contribution in [0.4, 0.5) is 5.82 Å². The molecule has 0 radical (unpaired) electrons. The van der Waals surface area contributed by atoms with E-state index in [0.717, 1.165) is 24.5 Å². The van der Waals surface area contributed by atoms with Crippen LogP contribution in [0.2, 0.25) is 5.02 Å². The van der Waals surface area contributed by atoms with Crippen molar-refractivity contribution >= 4 is 40.4 Å². The number of nitrogens with zero attached hydrogens (tertiary/aromatic N) is 2. The highest BCUT2D eigenvalue weighted by Gasteiger charge is 2.25. The molecule has 1 atom stereocenters. The van der Waals surface area contributed by atoms with Crippen LogP contribution in [0.25, 0.3) is 0 Å². The molecule has 0 bridgehead atoms. The highest BCUT2D eigenvalue weighted by Crippen LogP contribution is 2.35. The molecule has 0 fully saturated rings. The number of pyridine rings is 1. The fourth-order valence-electron chi connectivity index (χ4n) is 2.55. The van der Waals surface area contributed by atoms with Crippen molar-refractivity contribution in [3.05, 3.63) is 44.7 Å². The van der Waals surface area contributed by atoms with E-state index in [2.05, 4.69) is 28.3 Å². The molecular weight excluding hydrogens is 299 g/mol. The Bertz CT molecular complexity index is 597. The Labute approximate surface area is 127 Å². The second-order valence-electron chi connectivity index (χ2n) is 4.65. The largest absolute Gasteiger partial charge is 0.349 e. The Balaban J connectivity index is 1.95. The van der Waals surface area contributed by atoms with Gasteiger partial charge in [-0.25, -0.2) is 4.98 Å². The van der Waals surface area contributed by atoms with Gasteiger partial charge in [-0.05, 0) is 42.5 Å². The molecule has 1 unspecified atom stereocenters. The predicted octanol–water partition coefficient (Wildman–Crippen LogP) is 4.66. The smallest absolute Gasteiger partial charge is 0.129 e. The van der Waals surface area contributed by atoms with Crippen molar-refractivity contribution < 1.29 is 0 Å². The predicted molar refractivity (Wildman–Crippen MR) is 82.6 cm³/mol. The van der Waals surface area contributed by atoms with Gasteiger partial charge in [0.25, 0.3) is 0 Å². The number of hydrogen-bond acceptors (Lipinski definition) is 3. The molecular formula is C14H14Cl2N2S. The van der Waals surface area contributed by atoms with Gasteiger partial charge in [0.1, 0.15) is 5.82 Å². The molecule has 1 aliphatic rings. The topological polar surface area (TPSA) is 16.1 Å². The van der Waals surface area contributed by atoms with Crippen LogP contribution < -0.4 is 4.90 Å². The highest BCUT2D eigenvalue weighted by atomic mass is 35.5. The van der Waals surface area contributed by atoms with E-state index in [1.807, 2.05) is 23.5 Å². The molecule has 0 amide bonds. The van der Waals surface area contributed by atoms with Crippen molar-refractivity contribution in [3.8, 4) is 0 Å². The number of anilines is 1. The van der Waals surface area contributed by atoms with Gasteiger partial charge in [-0.15, -0.1) is 22.9 Å². The van der Waals surface area contributed by atoms with Crippen molar-refractivity contribution in [2.24, 2.45) is 0 Å². The van der Waals surface area contributed by atoms with Gasteiger partial charge in [0.15, 0.2) is 0 Å². The maximum absolute atomic E-state index is 6.07. The molecule has 0 saturated carbocycles. The van der Waals surface area contributed by atoms with E-state index in [-0.39, 0.29) is 0 Å². The van der Waals surface area contributed by atoms with Crippen molar-refractivity contribution in [2.45, 2.75) is 25.3 Å². The molecule has 0 aliphatic carbocycles. The third-order valence-corrected chi connectivity index (χ3v) is 5.20. The summed E-state index contributed by atoms with van der Waals surface area (Å²) in [7, 11) is 0. The number of halogens is 2. The minimum atomic E-state index is 0.346. The summed E-state index contributed by atoms with van der Waals surface area (Å²) in [5, 5.41) is 2.81. The Kier molecular flexibility index (Phi) is 3.70. The monoisotopic (exact) mass is 312 g/mol. The quantitative estimate of drug-likeness (QED) is 0.750. The second-order valence-corrected chi connectivity index (χ2v) is 6.33. The van der Waals surface area contributed by atoms with Crippen molar-refractivity contribution in [2.75, 3.05) is 11.4 Å². The summed E-state index contributed by atoms with van der Waals surface area (Å²) in [4.78, 5) is 8.40. The third kappa shape index (κ3) is 2.35. The van der Waals surface area contributed by atoms with E-state index in [0.29, 0.717) is 16.9 Å². The number of alkyl halides is 1. The summed E-state index contributed by atoms with van der Waals surface area (Å²) in [5.74, 6) is 1.31. The molecule has 5 heteroatoms. The summed E-state index contributed by atoms with van der Waals surface area (Å²) in [6.07, 6.45) is 1.08. The molecule has 2 aromatic rings. The fourth-order valence-corrected chi connectivity index (χ4v) is 3.96. The number of thiophene rings is 1. The minimum Gasteiger partial charge on any atom is -0.349 e. The van der Waals surface area contributed by atoms with Crippen LogP contribution in [0.5, 0.6) is 0 Å². The summed E-state index contributed by atoms with van der Waals surface area (Å²) < 4.78 is 0. The molecule has 0 N–H and O–H groups in total. The highest BCUT2D eigenvalue weighted by molar-refractivity contribution is 7.10. The Morgan fingerprint density at radius 3 is 3.05 bits per heavy atom. The van der Waals surface area contributed by atoms with E-state index < -0.39 is 0 Å². The first-order valence-corrected chi connectivity index (χ1v) is 8.04. The zero-order chi connectivity index (χ0) is 13.4. The maximum Gasteiger partial charge on any atom is 0.129 e. The maximum atomic E-state index is 6.07. The van der Waals surface area contributed by atoms with E-state index >= 15 is 0 Å². The SMILES string of the molecule is CC1c2ccsc2CCN1c1ccc(Cl)c(CCl)n1. The average molecular weight is 313 g/mol. The molecule has 0 saturated heterocycles. The fraction of sp³-hybridized carbons (Fsp3) is 0.357. The van der Waals surface area contributed by atoms with Crippen LogP contribution in [0.15, 0.2) is 23.6 Å². The molecule has 0 spiro atoms. The summed E-state index contributed by atoms with van der Waals surface area (Å²) in [6.45, 7) is 3.21. The molecule has 3 rings (SSSR count). The zero-order valence-electron chi connectivity index (χ0n) is 10.6. The Morgan fingerprint density at radius 1 is 1.42 bits per heavy atom. The van der Waals surface area contributed by atoms with E-state index in [9.17, 15) is 0 Å². The first kappa shape index (κ1) is 13.2. The van der Waals surface area contributed by atoms with Crippen LogP contribution in [-0.4, -0.2) is 11.5 Å². The van der Waals surface area contributed by atoms with E-state index in [1.54, 1.807) is 0 Å². The Morgan fingerprint density at radius 2 is 2.26 bits per heavy atom. The standard InChI is InChI=1S/C14H14Cl2N2S/c1-9-10-5-7-19-13(10)4-6-18(9)14-3-2-11(16)12(8-15)17-14/h2-3,5,7,9H,4,6,8H2,1H3. The number of rotatable bonds is 2. The molecule has 100 valence electrons. The van der Waals surface area contributed by atoms with Crippen molar-refractivity contribution in [3.63, 3.8) is 0 Å². The van der Waals surface area contributed by atoms with Crippen molar-refractivity contribution in [1.29, 1.82) is 0 Å². The summed E-state index contributed by atoms with van der Waals surface area (Å²) in [5.41, 5.74) is 2.17. The lowest BCUT2D eigenvalue weighted by molar-refractivity contribution is 0.624. The molecule has 1 aliphatic heterocycles. The summed E-state index contributed by atoms with van der Waals surface area (Å²) >= 11 is 13.8.